The molecule has 1 heterocycles. The van der Waals surface area contributed by atoms with Crippen LogP contribution in [0.4, 0.5) is 13.3 Å². The summed E-state index contributed by atoms with van der Waals surface area (Å²) in [6.07, 6.45) is 7.33. The summed E-state index contributed by atoms with van der Waals surface area (Å²) in [5.74, 6) is -3.97. The number of alkyl halides is 2. The highest BCUT2D eigenvalue weighted by Crippen LogP contribution is 2.25. The number of carbonyl (C=O) groups excluding carboxylic acids is 1. The molecule has 0 atom stereocenters. The Kier molecular flexibility index (Phi) is 9.45. The van der Waals surface area contributed by atoms with E-state index in [4.69, 9.17) is 4.74 Å². The molecule has 0 saturated heterocycles. The minimum atomic E-state index is -2.98. The zero-order chi connectivity index (χ0) is 18.7. The minimum absolute atomic E-state index is 0.0156. The van der Waals surface area contributed by atoms with Crippen molar-refractivity contribution in [3.05, 3.63) is 18.0 Å². The maximum absolute atomic E-state index is 13.8. The summed E-state index contributed by atoms with van der Waals surface area (Å²) in [5.41, 5.74) is -0.382. The molecule has 0 N–H and O–H groups in total. The molecule has 0 aliphatic rings. The minimum Gasteiger partial charge on any atom is -0.486 e. The quantitative estimate of drug-likeness (QED) is 0.341. The molecule has 1 aromatic rings. The van der Waals surface area contributed by atoms with E-state index in [1.54, 1.807) is 6.92 Å². The molecule has 0 unspecified atom stereocenters. The zero-order valence-electron chi connectivity index (χ0n) is 15.0. The van der Waals surface area contributed by atoms with E-state index in [9.17, 15) is 18.1 Å². The van der Waals surface area contributed by atoms with Crippen molar-refractivity contribution < 1.29 is 27.5 Å². The van der Waals surface area contributed by atoms with Crippen LogP contribution in [0.3, 0.4) is 0 Å². The number of hydrogen-bond acceptors (Lipinski definition) is 3. The van der Waals surface area contributed by atoms with Gasteiger partial charge in [-0.15, -0.1) is 0 Å². The lowest BCUT2D eigenvalue weighted by Gasteiger charge is -2.16. The van der Waals surface area contributed by atoms with Gasteiger partial charge in [-0.25, -0.2) is 13.6 Å². The lowest BCUT2D eigenvalue weighted by Crippen LogP contribution is -2.25. The van der Waals surface area contributed by atoms with Gasteiger partial charge in [-0.05, 0) is 13.3 Å². The van der Waals surface area contributed by atoms with Gasteiger partial charge in [0, 0.05) is 12.5 Å². The van der Waals surface area contributed by atoms with E-state index < -0.39 is 18.5 Å². The normalized spacial score (nSPS) is 11.6. The summed E-state index contributed by atoms with van der Waals surface area (Å²) in [4.78, 5) is 11.5. The van der Waals surface area contributed by atoms with Crippen molar-refractivity contribution >= 4 is 5.97 Å². The third-order valence-electron chi connectivity index (χ3n) is 3.83. The molecular formula is C18H28F3NO3. The fourth-order valence-electron chi connectivity index (χ4n) is 2.45. The first kappa shape index (κ1) is 21.4. The van der Waals surface area contributed by atoms with Gasteiger partial charge in [0.1, 0.15) is 5.75 Å². The Labute approximate surface area is 147 Å². The average Bonchev–Trinajstić information content (AvgIpc) is 2.93. The Morgan fingerprint density at radius 3 is 2.40 bits per heavy atom. The molecule has 144 valence electrons. The zero-order valence-corrected chi connectivity index (χ0v) is 15.0. The number of aromatic nitrogens is 1. The first-order valence-corrected chi connectivity index (χ1v) is 8.96. The number of carbonyl (C=O) groups is 1. The maximum Gasteiger partial charge on any atom is 0.357 e. The fourth-order valence-corrected chi connectivity index (χ4v) is 2.45. The van der Waals surface area contributed by atoms with Crippen molar-refractivity contribution in [1.29, 1.82) is 0 Å². The summed E-state index contributed by atoms with van der Waals surface area (Å²) in [6.45, 7) is 2.98. The van der Waals surface area contributed by atoms with Gasteiger partial charge in [-0.1, -0.05) is 49.9 Å². The largest absolute Gasteiger partial charge is 0.486 e. The molecule has 0 aromatic carbocycles. The molecule has 1 rings (SSSR count). The molecule has 0 saturated carbocycles. The molecule has 0 amide bonds. The molecule has 0 bridgehead atoms. The summed E-state index contributed by atoms with van der Waals surface area (Å²) in [6, 6.07) is 1.06. The molecule has 0 aliphatic carbocycles. The van der Waals surface area contributed by atoms with Crippen LogP contribution < -0.4 is 4.74 Å². The maximum atomic E-state index is 13.8. The van der Waals surface area contributed by atoms with Crippen molar-refractivity contribution in [2.45, 2.75) is 71.1 Å². The van der Waals surface area contributed by atoms with Crippen LogP contribution in [0.1, 0.15) is 75.7 Å². The lowest BCUT2D eigenvalue weighted by atomic mass is 10.1. The standard InChI is InChI=1S/C18H28F3NO3/c1-3-5-6-7-8-9-10-11-18(19,20)14-25-15-12-16(22(21)13-15)17(23)24-4-2/h12-13H,3-11,14H2,1-2H3. The Morgan fingerprint density at radius 2 is 1.76 bits per heavy atom. The second-order valence-electron chi connectivity index (χ2n) is 6.11. The Morgan fingerprint density at radius 1 is 1.12 bits per heavy atom. The highest BCUT2D eigenvalue weighted by atomic mass is 19.3. The number of rotatable bonds is 13. The second kappa shape index (κ2) is 11.1. The number of nitrogens with zero attached hydrogens (tertiary/aromatic N) is 1. The third kappa shape index (κ3) is 8.31. The molecule has 4 nitrogen and oxygen atoms in total. The van der Waals surface area contributed by atoms with Crippen molar-refractivity contribution in [2.75, 3.05) is 13.2 Å². The van der Waals surface area contributed by atoms with E-state index in [2.05, 4.69) is 11.7 Å². The number of ether oxygens (including phenoxy) is 2. The summed E-state index contributed by atoms with van der Waals surface area (Å²) < 4.78 is 50.8. The number of hydrogen-bond donors (Lipinski definition) is 0. The number of esters is 1. The Balaban J connectivity index is 2.33. The molecule has 0 radical (unpaired) electrons. The van der Waals surface area contributed by atoms with E-state index >= 15 is 0 Å². The summed E-state index contributed by atoms with van der Waals surface area (Å²) in [7, 11) is 0. The third-order valence-corrected chi connectivity index (χ3v) is 3.83. The van der Waals surface area contributed by atoms with Crippen molar-refractivity contribution in [3.63, 3.8) is 0 Å². The van der Waals surface area contributed by atoms with E-state index in [1.165, 1.54) is 6.42 Å². The van der Waals surface area contributed by atoms with Crippen LogP contribution in [-0.2, 0) is 4.74 Å². The first-order valence-electron chi connectivity index (χ1n) is 8.96. The summed E-state index contributed by atoms with van der Waals surface area (Å²) >= 11 is 0. The van der Waals surface area contributed by atoms with E-state index in [-0.39, 0.29) is 29.3 Å². The van der Waals surface area contributed by atoms with Gasteiger partial charge in [0.05, 0.1) is 12.8 Å². The van der Waals surface area contributed by atoms with E-state index in [0.717, 1.165) is 44.4 Å². The lowest BCUT2D eigenvalue weighted by molar-refractivity contribution is -0.0495. The van der Waals surface area contributed by atoms with Crippen molar-refractivity contribution in [3.8, 4) is 5.75 Å². The van der Waals surface area contributed by atoms with Crippen LogP contribution in [0.15, 0.2) is 12.3 Å². The first-order chi connectivity index (χ1) is 11.9. The van der Waals surface area contributed by atoms with Crippen LogP contribution in [-0.4, -0.2) is 29.9 Å². The monoisotopic (exact) mass is 363 g/mol. The Hall–Kier alpha value is -1.66. The highest BCUT2D eigenvalue weighted by molar-refractivity contribution is 5.88. The molecule has 1 aromatic heterocycles. The number of halogens is 3. The predicted molar refractivity (Wildman–Crippen MR) is 89.9 cm³/mol. The van der Waals surface area contributed by atoms with Crippen LogP contribution in [0.25, 0.3) is 0 Å². The SMILES string of the molecule is CCCCCCCCCC(F)(F)COc1cc(C(=O)OCC)n(F)c1. The van der Waals surface area contributed by atoms with Gasteiger partial charge < -0.3 is 9.47 Å². The van der Waals surface area contributed by atoms with Crippen molar-refractivity contribution in [2.24, 2.45) is 0 Å². The molecule has 0 fully saturated rings. The van der Waals surface area contributed by atoms with Crippen LogP contribution in [0.5, 0.6) is 5.75 Å². The second-order valence-corrected chi connectivity index (χ2v) is 6.11. The molecule has 25 heavy (non-hydrogen) atoms. The van der Waals surface area contributed by atoms with E-state index in [0.29, 0.717) is 6.42 Å². The molecule has 0 spiro atoms. The van der Waals surface area contributed by atoms with Crippen LogP contribution in [0, 0.1) is 0 Å². The van der Waals surface area contributed by atoms with Gasteiger partial charge in [0.15, 0.2) is 12.3 Å². The number of unbranched alkanes of at least 4 members (excludes halogenated alkanes) is 6. The van der Waals surface area contributed by atoms with Gasteiger partial charge >= 0.3 is 5.97 Å². The van der Waals surface area contributed by atoms with Gasteiger partial charge in [0.2, 0.25) is 0 Å². The molecular weight excluding hydrogens is 335 g/mol. The summed E-state index contributed by atoms with van der Waals surface area (Å²) in [5, 5.41) is 0. The van der Waals surface area contributed by atoms with Gasteiger partial charge in [-0.2, -0.15) is 4.79 Å². The highest BCUT2D eigenvalue weighted by Gasteiger charge is 2.30. The topological polar surface area (TPSA) is 40.5 Å². The van der Waals surface area contributed by atoms with Crippen molar-refractivity contribution in [1.82, 2.24) is 4.79 Å². The fraction of sp³-hybridized carbons (Fsp3) is 0.722. The van der Waals surface area contributed by atoms with Gasteiger partial charge in [-0.3, -0.25) is 0 Å². The Bertz CT molecular complexity index is 518. The molecule has 7 heteroatoms. The predicted octanol–water partition coefficient (Wildman–Crippen LogP) is 5.55. The van der Waals surface area contributed by atoms with Crippen LogP contribution in [0.2, 0.25) is 0 Å². The van der Waals surface area contributed by atoms with Crippen LogP contribution >= 0.6 is 0 Å². The molecule has 0 aliphatic heterocycles. The van der Waals surface area contributed by atoms with Gasteiger partial charge in [0.25, 0.3) is 5.92 Å². The van der Waals surface area contributed by atoms with E-state index in [1.807, 2.05) is 0 Å². The average molecular weight is 363 g/mol. The smallest absolute Gasteiger partial charge is 0.357 e.